The molecule has 2 nitrogen and oxygen atoms in total. The highest BCUT2D eigenvalue weighted by atomic mass is 16.3. The SMILES string of the molecule is Cc1ocnc1-c1ccccc1. The van der Waals surface area contributed by atoms with Crippen LogP contribution in [-0.4, -0.2) is 4.98 Å². The minimum absolute atomic E-state index is 0.862. The van der Waals surface area contributed by atoms with Crippen LogP contribution >= 0.6 is 0 Å². The van der Waals surface area contributed by atoms with Crippen molar-refractivity contribution >= 4 is 0 Å². The zero-order chi connectivity index (χ0) is 8.39. The van der Waals surface area contributed by atoms with Crippen molar-refractivity contribution in [1.82, 2.24) is 4.98 Å². The first-order valence-corrected chi connectivity index (χ1v) is 3.83. The quantitative estimate of drug-likeness (QED) is 0.639. The summed E-state index contributed by atoms with van der Waals surface area (Å²) in [5, 5.41) is 0. The number of aromatic nitrogens is 1. The van der Waals surface area contributed by atoms with Crippen LogP contribution in [0.1, 0.15) is 5.76 Å². The number of hydrogen-bond donors (Lipinski definition) is 0. The Morgan fingerprint density at radius 3 is 2.50 bits per heavy atom. The van der Waals surface area contributed by atoms with Crippen LogP contribution in [-0.2, 0) is 0 Å². The van der Waals surface area contributed by atoms with E-state index in [0.717, 1.165) is 17.0 Å². The minimum Gasteiger partial charge on any atom is -0.448 e. The molecule has 2 aromatic rings. The van der Waals surface area contributed by atoms with Gasteiger partial charge in [0.15, 0.2) is 6.39 Å². The van der Waals surface area contributed by atoms with E-state index in [9.17, 15) is 0 Å². The number of rotatable bonds is 1. The van der Waals surface area contributed by atoms with Gasteiger partial charge in [-0.25, -0.2) is 4.98 Å². The summed E-state index contributed by atoms with van der Waals surface area (Å²) >= 11 is 0. The van der Waals surface area contributed by atoms with Gasteiger partial charge in [-0.3, -0.25) is 0 Å². The van der Waals surface area contributed by atoms with Crippen LogP contribution < -0.4 is 0 Å². The molecule has 0 aliphatic heterocycles. The molecule has 0 spiro atoms. The summed E-state index contributed by atoms with van der Waals surface area (Å²) in [7, 11) is 0. The lowest BCUT2D eigenvalue weighted by molar-refractivity contribution is 0.527. The van der Waals surface area contributed by atoms with Gasteiger partial charge in [-0.2, -0.15) is 0 Å². The van der Waals surface area contributed by atoms with Crippen LogP contribution in [0.15, 0.2) is 41.1 Å². The number of aryl methyl sites for hydroxylation is 1. The first-order chi connectivity index (χ1) is 5.88. The summed E-state index contributed by atoms with van der Waals surface area (Å²) in [6.07, 6.45) is 1.47. The van der Waals surface area contributed by atoms with Crippen LogP contribution in [0.3, 0.4) is 0 Å². The molecule has 0 fully saturated rings. The Morgan fingerprint density at radius 2 is 1.92 bits per heavy atom. The van der Waals surface area contributed by atoms with Crippen molar-refractivity contribution in [3.8, 4) is 11.3 Å². The van der Waals surface area contributed by atoms with Crippen molar-refractivity contribution in [2.45, 2.75) is 6.92 Å². The summed E-state index contributed by atoms with van der Waals surface area (Å²) in [6, 6.07) is 10.0. The summed E-state index contributed by atoms with van der Waals surface area (Å²) in [4.78, 5) is 4.12. The molecule has 1 aromatic carbocycles. The second-order valence-electron chi connectivity index (χ2n) is 2.62. The van der Waals surface area contributed by atoms with Gasteiger partial charge in [0.2, 0.25) is 0 Å². The van der Waals surface area contributed by atoms with Gasteiger partial charge in [-0.1, -0.05) is 30.3 Å². The van der Waals surface area contributed by atoms with E-state index in [0.29, 0.717) is 0 Å². The van der Waals surface area contributed by atoms with Crippen molar-refractivity contribution in [2.24, 2.45) is 0 Å². The summed E-state index contributed by atoms with van der Waals surface area (Å²) in [5.41, 5.74) is 2.03. The van der Waals surface area contributed by atoms with Crippen LogP contribution in [0, 0.1) is 6.92 Å². The van der Waals surface area contributed by atoms with Gasteiger partial charge in [-0.15, -0.1) is 0 Å². The van der Waals surface area contributed by atoms with E-state index in [1.807, 2.05) is 37.3 Å². The lowest BCUT2D eigenvalue weighted by Crippen LogP contribution is -1.78. The molecular formula is C10H9NO. The highest BCUT2D eigenvalue weighted by molar-refractivity contribution is 5.60. The zero-order valence-electron chi connectivity index (χ0n) is 6.82. The Kier molecular flexibility index (Phi) is 1.67. The Balaban J connectivity index is 2.51. The fourth-order valence-corrected chi connectivity index (χ4v) is 1.18. The molecule has 0 radical (unpaired) electrons. The van der Waals surface area contributed by atoms with Gasteiger partial charge in [0.05, 0.1) is 0 Å². The maximum atomic E-state index is 5.11. The molecule has 2 heteroatoms. The summed E-state index contributed by atoms with van der Waals surface area (Å²) in [5.74, 6) is 0.862. The van der Waals surface area contributed by atoms with Crippen LogP contribution in [0.4, 0.5) is 0 Å². The standard InChI is InChI=1S/C10H9NO/c1-8-10(11-7-12-8)9-5-3-2-4-6-9/h2-7H,1H3. The average Bonchev–Trinajstić information content (AvgIpc) is 2.53. The van der Waals surface area contributed by atoms with Crippen LogP contribution in [0.2, 0.25) is 0 Å². The molecule has 0 atom stereocenters. The normalized spacial score (nSPS) is 10.1. The third-order valence-corrected chi connectivity index (χ3v) is 1.79. The molecule has 0 amide bonds. The molecule has 1 aromatic heterocycles. The molecule has 0 bridgehead atoms. The van der Waals surface area contributed by atoms with E-state index in [1.165, 1.54) is 6.39 Å². The lowest BCUT2D eigenvalue weighted by Gasteiger charge is -1.94. The maximum Gasteiger partial charge on any atom is 0.181 e. The van der Waals surface area contributed by atoms with E-state index in [1.54, 1.807) is 0 Å². The molecular weight excluding hydrogens is 150 g/mol. The van der Waals surface area contributed by atoms with E-state index >= 15 is 0 Å². The molecule has 60 valence electrons. The smallest absolute Gasteiger partial charge is 0.181 e. The minimum atomic E-state index is 0.862. The molecule has 0 unspecified atom stereocenters. The topological polar surface area (TPSA) is 26.0 Å². The Bertz CT molecular complexity index is 364. The molecule has 0 N–H and O–H groups in total. The lowest BCUT2D eigenvalue weighted by atomic mass is 10.1. The van der Waals surface area contributed by atoms with Crippen molar-refractivity contribution in [2.75, 3.05) is 0 Å². The fraction of sp³-hybridized carbons (Fsp3) is 0.100. The Morgan fingerprint density at radius 1 is 1.17 bits per heavy atom. The number of benzene rings is 1. The van der Waals surface area contributed by atoms with Crippen molar-refractivity contribution in [3.05, 3.63) is 42.5 Å². The fourth-order valence-electron chi connectivity index (χ4n) is 1.18. The molecule has 2 rings (SSSR count). The monoisotopic (exact) mass is 159 g/mol. The second kappa shape index (κ2) is 2.81. The van der Waals surface area contributed by atoms with Crippen molar-refractivity contribution in [1.29, 1.82) is 0 Å². The average molecular weight is 159 g/mol. The van der Waals surface area contributed by atoms with Gasteiger partial charge in [0.25, 0.3) is 0 Å². The van der Waals surface area contributed by atoms with Crippen LogP contribution in [0.25, 0.3) is 11.3 Å². The molecule has 0 aliphatic carbocycles. The van der Waals surface area contributed by atoms with Crippen molar-refractivity contribution in [3.63, 3.8) is 0 Å². The van der Waals surface area contributed by atoms with E-state index in [4.69, 9.17) is 4.42 Å². The molecule has 1 heterocycles. The van der Waals surface area contributed by atoms with Gasteiger partial charge >= 0.3 is 0 Å². The first kappa shape index (κ1) is 7.10. The maximum absolute atomic E-state index is 5.11. The summed E-state index contributed by atoms with van der Waals surface area (Å²) < 4.78 is 5.11. The van der Waals surface area contributed by atoms with Gasteiger partial charge in [0.1, 0.15) is 11.5 Å². The second-order valence-corrected chi connectivity index (χ2v) is 2.62. The summed E-state index contributed by atoms with van der Waals surface area (Å²) in [6.45, 7) is 1.91. The first-order valence-electron chi connectivity index (χ1n) is 3.83. The van der Waals surface area contributed by atoms with E-state index in [2.05, 4.69) is 4.98 Å². The largest absolute Gasteiger partial charge is 0.448 e. The van der Waals surface area contributed by atoms with Gasteiger partial charge in [-0.05, 0) is 6.92 Å². The Labute approximate surface area is 70.9 Å². The highest BCUT2D eigenvalue weighted by Crippen LogP contribution is 2.20. The Hall–Kier alpha value is -1.57. The highest BCUT2D eigenvalue weighted by Gasteiger charge is 2.03. The zero-order valence-corrected chi connectivity index (χ0v) is 6.82. The van der Waals surface area contributed by atoms with Crippen molar-refractivity contribution < 1.29 is 4.42 Å². The predicted molar refractivity (Wildman–Crippen MR) is 46.7 cm³/mol. The van der Waals surface area contributed by atoms with Gasteiger partial charge < -0.3 is 4.42 Å². The number of hydrogen-bond acceptors (Lipinski definition) is 2. The predicted octanol–water partition coefficient (Wildman–Crippen LogP) is 2.65. The van der Waals surface area contributed by atoms with Crippen LogP contribution in [0.5, 0.6) is 0 Å². The molecule has 0 aliphatic rings. The molecule has 0 saturated heterocycles. The number of oxazole rings is 1. The molecule has 12 heavy (non-hydrogen) atoms. The third-order valence-electron chi connectivity index (χ3n) is 1.79. The number of nitrogens with zero attached hydrogens (tertiary/aromatic N) is 1. The van der Waals surface area contributed by atoms with E-state index in [-0.39, 0.29) is 0 Å². The van der Waals surface area contributed by atoms with Gasteiger partial charge in [0, 0.05) is 5.56 Å². The third kappa shape index (κ3) is 1.11. The van der Waals surface area contributed by atoms with E-state index < -0.39 is 0 Å². The molecule has 0 saturated carbocycles.